The predicted molar refractivity (Wildman–Crippen MR) is 58.6 cm³/mol. The number of nitrogens with zero attached hydrogens (tertiary/aromatic N) is 1. The minimum atomic E-state index is -0.674. The molecule has 0 aliphatic carbocycles. The van der Waals surface area contributed by atoms with Gasteiger partial charge in [0.1, 0.15) is 0 Å². The van der Waals surface area contributed by atoms with Gasteiger partial charge < -0.3 is 14.9 Å². The molecule has 0 aliphatic heterocycles. The van der Waals surface area contributed by atoms with E-state index in [4.69, 9.17) is 5.21 Å². The monoisotopic (exact) mass is 218 g/mol. The van der Waals surface area contributed by atoms with Gasteiger partial charge >= 0.3 is 5.97 Å². The van der Waals surface area contributed by atoms with E-state index in [0.29, 0.717) is 5.56 Å². The van der Waals surface area contributed by atoms with Gasteiger partial charge in [0.25, 0.3) is 0 Å². The van der Waals surface area contributed by atoms with Crippen LogP contribution in [0.15, 0.2) is 35.6 Å². The van der Waals surface area contributed by atoms with Crippen LogP contribution in [0.5, 0.6) is 0 Å². The van der Waals surface area contributed by atoms with Gasteiger partial charge in [-0.1, -0.05) is 23.4 Å². The van der Waals surface area contributed by atoms with Crippen molar-refractivity contribution < 1.29 is 14.7 Å². The predicted octanol–water partition coefficient (Wildman–Crippen LogP) is 1.52. The molecular formula is C11H10N2O3. The zero-order valence-electron chi connectivity index (χ0n) is 8.60. The molecule has 16 heavy (non-hydrogen) atoms. The van der Waals surface area contributed by atoms with Crippen molar-refractivity contribution in [2.24, 2.45) is 5.16 Å². The molecule has 2 rings (SSSR count). The van der Waals surface area contributed by atoms with Crippen molar-refractivity contribution in [3.05, 3.63) is 36.0 Å². The quantitative estimate of drug-likeness (QED) is 0.347. The van der Waals surface area contributed by atoms with Gasteiger partial charge in [-0.3, -0.25) is 0 Å². The fraction of sp³-hybridized carbons (Fsp3) is 0.0909. The van der Waals surface area contributed by atoms with Crippen LogP contribution in [0.4, 0.5) is 0 Å². The Morgan fingerprint density at radius 1 is 1.44 bits per heavy atom. The largest absolute Gasteiger partial charge is 0.464 e. The second-order valence-corrected chi connectivity index (χ2v) is 3.19. The number of oxime groups is 1. The first-order chi connectivity index (χ1) is 7.77. The van der Waals surface area contributed by atoms with Gasteiger partial charge in [0.05, 0.1) is 7.11 Å². The number of nitrogens with one attached hydrogen (secondary N) is 1. The second-order valence-electron chi connectivity index (χ2n) is 3.19. The standard InChI is InChI=1S/C11H10N2O3/c1-16-11(14)10(13-15)8-6-12-9-5-3-2-4-7(8)9/h2-6,12,15H,1H3/b13-10-. The molecule has 82 valence electrons. The maximum atomic E-state index is 11.4. The Labute approximate surface area is 91.3 Å². The van der Waals surface area contributed by atoms with E-state index in [1.54, 1.807) is 6.20 Å². The highest BCUT2D eigenvalue weighted by Gasteiger charge is 2.18. The molecule has 0 radical (unpaired) electrons. The maximum Gasteiger partial charge on any atom is 0.360 e. The average Bonchev–Trinajstić information content (AvgIpc) is 2.74. The lowest BCUT2D eigenvalue weighted by molar-refractivity contribution is -0.132. The highest BCUT2D eigenvalue weighted by Crippen LogP contribution is 2.18. The van der Waals surface area contributed by atoms with Crippen LogP contribution in [0.3, 0.4) is 0 Å². The van der Waals surface area contributed by atoms with Gasteiger partial charge in [0.2, 0.25) is 0 Å². The molecule has 0 atom stereocenters. The number of carbonyl (C=O) groups excluding carboxylic acids is 1. The van der Waals surface area contributed by atoms with Gasteiger partial charge in [-0.15, -0.1) is 0 Å². The van der Waals surface area contributed by atoms with Crippen molar-refractivity contribution in [1.82, 2.24) is 4.98 Å². The molecule has 0 bridgehead atoms. The van der Waals surface area contributed by atoms with E-state index in [-0.39, 0.29) is 5.71 Å². The lowest BCUT2D eigenvalue weighted by Crippen LogP contribution is -2.16. The summed E-state index contributed by atoms with van der Waals surface area (Å²) >= 11 is 0. The fourth-order valence-electron chi connectivity index (χ4n) is 1.57. The van der Waals surface area contributed by atoms with Crippen molar-refractivity contribution in [2.75, 3.05) is 7.11 Å². The first-order valence-corrected chi connectivity index (χ1v) is 4.64. The molecule has 0 fully saturated rings. The molecule has 1 aromatic carbocycles. The number of hydrogen-bond donors (Lipinski definition) is 2. The zero-order chi connectivity index (χ0) is 11.5. The number of fused-ring (bicyclic) bond motifs is 1. The third-order valence-electron chi connectivity index (χ3n) is 2.32. The number of rotatable bonds is 2. The minimum absolute atomic E-state index is 0.111. The topological polar surface area (TPSA) is 74.7 Å². The van der Waals surface area contributed by atoms with E-state index < -0.39 is 5.97 Å². The first-order valence-electron chi connectivity index (χ1n) is 4.64. The SMILES string of the molecule is COC(=O)/C(=N\O)c1c[nH]c2ccccc12. The second kappa shape index (κ2) is 4.06. The third-order valence-corrected chi connectivity index (χ3v) is 2.32. The number of esters is 1. The molecule has 5 heteroatoms. The zero-order valence-corrected chi connectivity index (χ0v) is 8.60. The van der Waals surface area contributed by atoms with Crippen LogP contribution in [-0.4, -0.2) is 29.0 Å². The molecule has 1 aromatic heterocycles. The molecule has 5 nitrogen and oxygen atoms in total. The van der Waals surface area contributed by atoms with Crippen LogP contribution in [-0.2, 0) is 9.53 Å². The number of aromatic amines is 1. The number of H-pyrrole nitrogens is 1. The molecule has 0 amide bonds. The summed E-state index contributed by atoms with van der Waals surface area (Å²) in [5, 5.41) is 12.6. The third kappa shape index (κ3) is 1.52. The normalized spacial score (nSPS) is 11.7. The van der Waals surface area contributed by atoms with Crippen LogP contribution in [0.25, 0.3) is 10.9 Å². The van der Waals surface area contributed by atoms with E-state index in [0.717, 1.165) is 10.9 Å². The molecule has 2 N–H and O–H groups in total. The molecule has 2 aromatic rings. The van der Waals surface area contributed by atoms with Crippen molar-refractivity contribution >= 4 is 22.6 Å². The smallest absolute Gasteiger partial charge is 0.360 e. The van der Waals surface area contributed by atoms with Gasteiger partial charge in [0, 0.05) is 22.7 Å². The fourth-order valence-corrected chi connectivity index (χ4v) is 1.57. The number of methoxy groups -OCH3 is 1. The Balaban J connectivity index is 2.59. The average molecular weight is 218 g/mol. The molecule has 0 spiro atoms. The summed E-state index contributed by atoms with van der Waals surface area (Å²) in [5.41, 5.74) is 1.27. The van der Waals surface area contributed by atoms with E-state index in [1.807, 2.05) is 24.3 Å². The summed E-state index contributed by atoms with van der Waals surface area (Å²) < 4.78 is 4.53. The Hall–Kier alpha value is -2.30. The minimum Gasteiger partial charge on any atom is -0.464 e. The Morgan fingerprint density at radius 2 is 2.19 bits per heavy atom. The molecule has 0 saturated carbocycles. The molecule has 1 heterocycles. The van der Waals surface area contributed by atoms with Gasteiger partial charge in [-0.05, 0) is 6.07 Å². The van der Waals surface area contributed by atoms with Gasteiger partial charge in [0.15, 0.2) is 5.71 Å². The summed E-state index contributed by atoms with van der Waals surface area (Å²) in [6.07, 6.45) is 1.61. The molecule has 0 aliphatic rings. The highest BCUT2D eigenvalue weighted by molar-refractivity contribution is 6.45. The summed E-state index contributed by atoms with van der Waals surface area (Å²) in [6, 6.07) is 7.41. The van der Waals surface area contributed by atoms with Crippen LogP contribution in [0, 0.1) is 0 Å². The van der Waals surface area contributed by atoms with E-state index >= 15 is 0 Å². The van der Waals surface area contributed by atoms with E-state index in [1.165, 1.54) is 7.11 Å². The van der Waals surface area contributed by atoms with E-state index in [2.05, 4.69) is 14.9 Å². The molecule has 0 saturated heterocycles. The molecular weight excluding hydrogens is 208 g/mol. The van der Waals surface area contributed by atoms with Crippen molar-refractivity contribution in [1.29, 1.82) is 0 Å². The summed E-state index contributed by atoms with van der Waals surface area (Å²) in [7, 11) is 1.24. The van der Waals surface area contributed by atoms with Gasteiger partial charge in [-0.25, -0.2) is 4.79 Å². The van der Waals surface area contributed by atoms with Crippen molar-refractivity contribution in [3.63, 3.8) is 0 Å². The number of aromatic nitrogens is 1. The number of para-hydroxylation sites is 1. The van der Waals surface area contributed by atoms with Crippen LogP contribution in [0.2, 0.25) is 0 Å². The number of benzene rings is 1. The van der Waals surface area contributed by atoms with Gasteiger partial charge in [-0.2, -0.15) is 0 Å². The van der Waals surface area contributed by atoms with Crippen LogP contribution < -0.4 is 0 Å². The summed E-state index contributed by atoms with van der Waals surface area (Å²) in [5.74, 6) is -0.674. The Morgan fingerprint density at radius 3 is 2.88 bits per heavy atom. The molecule has 0 unspecified atom stereocenters. The number of hydrogen-bond acceptors (Lipinski definition) is 4. The Bertz CT molecular complexity index is 557. The maximum absolute atomic E-state index is 11.4. The Kier molecular flexibility index (Phi) is 2.59. The van der Waals surface area contributed by atoms with E-state index in [9.17, 15) is 4.79 Å². The highest BCUT2D eigenvalue weighted by atomic mass is 16.5. The first kappa shape index (κ1) is 10.2. The van der Waals surface area contributed by atoms with Crippen molar-refractivity contribution in [2.45, 2.75) is 0 Å². The van der Waals surface area contributed by atoms with Crippen LogP contribution in [0.1, 0.15) is 5.56 Å². The number of carbonyl (C=O) groups is 1. The van der Waals surface area contributed by atoms with Crippen LogP contribution >= 0.6 is 0 Å². The lowest BCUT2D eigenvalue weighted by atomic mass is 10.1. The van der Waals surface area contributed by atoms with Crippen molar-refractivity contribution in [3.8, 4) is 0 Å². The lowest BCUT2D eigenvalue weighted by Gasteiger charge is -2.00. The number of ether oxygens (including phenoxy) is 1. The summed E-state index contributed by atoms with van der Waals surface area (Å²) in [4.78, 5) is 14.3. The summed E-state index contributed by atoms with van der Waals surface area (Å²) in [6.45, 7) is 0.